The Hall–Kier alpha value is -0.820. The molecule has 90 valence electrons. The Labute approximate surface area is 100 Å². The molecule has 0 spiro atoms. The minimum Gasteiger partial charge on any atom is -0.310 e. The van der Waals surface area contributed by atoms with Crippen molar-refractivity contribution in [1.29, 1.82) is 0 Å². The second kappa shape index (κ2) is 5.49. The maximum Gasteiger partial charge on any atom is 0.0207 e. The number of rotatable bonds is 4. The lowest BCUT2D eigenvalue weighted by Crippen LogP contribution is -2.24. The molecule has 16 heavy (non-hydrogen) atoms. The van der Waals surface area contributed by atoms with Gasteiger partial charge in [0, 0.05) is 12.6 Å². The highest BCUT2D eigenvalue weighted by atomic mass is 14.9. The number of hydrogen-bond donors (Lipinski definition) is 1. The lowest BCUT2D eigenvalue weighted by Gasteiger charge is -2.19. The van der Waals surface area contributed by atoms with E-state index in [4.69, 9.17) is 0 Å². The van der Waals surface area contributed by atoms with E-state index < -0.39 is 0 Å². The van der Waals surface area contributed by atoms with Crippen molar-refractivity contribution in [3.63, 3.8) is 0 Å². The molecule has 0 saturated heterocycles. The molecule has 0 heterocycles. The predicted octanol–water partition coefficient (Wildman–Crippen LogP) is 3.87. The topological polar surface area (TPSA) is 12.0 Å². The average molecular weight is 219 g/mol. The summed E-state index contributed by atoms with van der Waals surface area (Å²) in [5.41, 5.74) is 3.02. The smallest absolute Gasteiger partial charge is 0.0207 e. The molecule has 1 atom stereocenters. The normalized spacial score (nSPS) is 13.8. The first-order valence-electron chi connectivity index (χ1n) is 6.26. The molecule has 0 bridgehead atoms. The number of hydrogen-bond acceptors (Lipinski definition) is 1. The summed E-state index contributed by atoms with van der Waals surface area (Å²) in [4.78, 5) is 0. The Balaban J connectivity index is 2.58. The van der Waals surface area contributed by atoms with E-state index in [1.165, 1.54) is 17.5 Å². The maximum absolute atomic E-state index is 3.51. The zero-order valence-electron chi connectivity index (χ0n) is 11.3. The molecule has 1 heteroatoms. The van der Waals surface area contributed by atoms with E-state index in [0.717, 1.165) is 6.54 Å². The van der Waals surface area contributed by atoms with Crippen molar-refractivity contribution in [2.24, 2.45) is 0 Å². The summed E-state index contributed by atoms with van der Waals surface area (Å²) in [7, 11) is 0. The van der Waals surface area contributed by atoms with Crippen LogP contribution in [-0.4, -0.2) is 6.04 Å². The molecule has 1 rings (SSSR count). The summed E-state index contributed by atoms with van der Waals surface area (Å²) >= 11 is 0. The van der Waals surface area contributed by atoms with Crippen LogP contribution in [0.15, 0.2) is 24.3 Å². The van der Waals surface area contributed by atoms with Crippen molar-refractivity contribution >= 4 is 0 Å². The van der Waals surface area contributed by atoms with Crippen LogP contribution < -0.4 is 5.32 Å². The molecular formula is C15H25N. The van der Waals surface area contributed by atoms with Crippen molar-refractivity contribution in [3.8, 4) is 0 Å². The SMILES string of the molecule is CC[C@@H](C)NCc1ccc(C(C)(C)C)cc1. The van der Waals surface area contributed by atoms with Crippen molar-refractivity contribution in [3.05, 3.63) is 35.4 Å². The molecule has 0 amide bonds. The molecule has 0 aliphatic heterocycles. The van der Waals surface area contributed by atoms with E-state index in [0.29, 0.717) is 6.04 Å². The third kappa shape index (κ3) is 3.97. The minimum absolute atomic E-state index is 0.253. The lowest BCUT2D eigenvalue weighted by atomic mass is 9.87. The standard InChI is InChI=1S/C15H25N/c1-6-12(2)16-11-13-7-9-14(10-8-13)15(3,4)5/h7-10,12,16H,6,11H2,1-5H3/t12-/m1/s1. The second-order valence-electron chi connectivity index (χ2n) is 5.64. The van der Waals surface area contributed by atoms with Crippen molar-refractivity contribution in [1.82, 2.24) is 5.32 Å². The van der Waals surface area contributed by atoms with Gasteiger partial charge < -0.3 is 5.32 Å². The summed E-state index contributed by atoms with van der Waals surface area (Å²) < 4.78 is 0. The molecule has 1 nitrogen and oxygen atoms in total. The molecule has 1 aromatic carbocycles. The zero-order valence-corrected chi connectivity index (χ0v) is 11.3. The Kier molecular flexibility index (Phi) is 4.55. The molecule has 0 aliphatic rings. The molecule has 1 N–H and O–H groups in total. The van der Waals surface area contributed by atoms with Gasteiger partial charge in [-0.1, -0.05) is 52.0 Å². The molecule has 0 aromatic heterocycles. The summed E-state index contributed by atoms with van der Waals surface area (Å²) in [5, 5.41) is 3.51. The molecule has 0 unspecified atom stereocenters. The fourth-order valence-corrected chi connectivity index (χ4v) is 1.56. The van der Waals surface area contributed by atoms with Gasteiger partial charge in [-0.05, 0) is 29.9 Å². The van der Waals surface area contributed by atoms with Gasteiger partial charge in [-0.3, -0.25) is 0 Å². The predicted molar refractivity (Wildman–Crippen MR) is 71.7 cm³/mol. The van der Waals surface area contributed by atoms with Gasteiger partial charge in [-0.2, -0.15) is 0 Å². The Morgan fingerprint density at radius 3 is 2.12 bits per heavy atom. The van der Waals surface area contributed by atoms with E-state index in [1.54, 1.807) is 0 Å². The highest BCUT2D eigenvalue weighted by molar-refractivity contribution is 5.27. The molecule has 0 radical (unpaired) electrons. The third-order valence-electron chi connectivity index (χ3n) is 3.09. The zero-order chi connectivity index (χ0) is 12.2. The monoisotopic (exact) mass is 219 g/mol. The first kappa shape index (κ1) is 13.2. The quantitative estimate of drug-likeness (QED) is 0.810. The van der Waals surface area contributed by atoms with E-state index >= 15 is 0 Å². The molecular weight excluding hydrogens is 194 g/mol. The van der Waals surface area contributed by atoms with Crippen LogP contribution in [0.3, 0.4) is 0 Å². The van der Waals surface area contributed by atoms with Gasteiger partial charge in [0.05, 0.1) is 0 Å². The third-order valence-corrected chi connectivity index (χ3v) is 3.09. The van der Waals surface area contributed by atoms with Crippen LogP contribution in [0.4, 0.5) is 0 Å². The van der Waals surface area contributed by atoms with E-state index in [9.17, 15) is 0 Å². The highest BCUT2D eigenvalue weighted by Crippen LogP contribution is 2.22. The number of benzene rings is 1. The summed E-state index contributed by atoms with van der Waals surface area (Å²) in [5.74, 6) is 0. The van der Waals surface area contributed by atoms with Gasteiger partial charge in [-0.25, -0.2) is 0 Å². The molecule has 1 aromatic rings. The molecule has 0 fully saturated rings. The van der Waals surface area contributed by atoms with E-state index in [1.807, 2.05) is 0 Å². The van der Waals surface area contributed by atoms with Crippen LogP contribution >= 0.6 is 0 Å². The van der Waals surface area contributed by atoms with Crippen LogP contribution in [0.25, 0.3) is 0 Å². The van der Waals surface area contributed by atoms with Crippen LogP contribution in [0.2, 0.25) is 0 Å². The van der Waals surface area contributed by atoms with E-state index in [-0.39, 0.29) is 5.41 Å². The summed E-state index contributed by atoms with van der Waals surface area (Å²) in [6.07, 6.45) is 1.18. The Bertz CT molecular complexity index is 305. The van der Waals surface area contributed by atoms with Crippen LogP contribution in [0, 0.1) is 0 Å². The van der Waals surface area contributed by atoms with Crippen molar-refractivity contribution in [2.45, 2.75) is 59.0 Å². The second-order valence-corrected chi connectivity index (χ2v) is 5.64. The van der Waals surface area contributed by atoms with Gasteiger partial charge in [0.2, 0.25) is 0 Å². The first-order chi connectivity index (χ1) is 7.43. The van der Waals surface area contributed by atoms with Crippen molar-refractivity contribution in [2.75, 3.05) is 0 Å². The lowest BCUT2D eigenvalue weighted by molar-refractivity contribution is 0.533. The van der Waals surface area contributed by atoms with Gasteiger partial charge in [0.25, 0.3) is 0 Å². The van der Waals surface area contributed by atoms with Crippen LogP contribution in [0.5, 0.6) is 0 Å². The molecule has 0 saturated carbocycles. The molecule has 0 aliphatic carbocycles. The van der Waals surface area contributed by atoms with Gasteiger partial charge in [0.1, 0.15) is 0 Å². The van der Waals surface area contributed by atoms with Crippen LogP contribution in [-0.2, 0) is 12.0 Å². The highest BCUT2D eigenvalue weighted by Gasteiger charge is 2.12. The van der Waals surface area contributed by atoms with Crippen molar-refractivity contribution < 1.29 is 0 Å². The summed E-state index contributed by atoms with van der Waals surface area (Å²) in [6, 6.07) is 9.55. The van der Waals surface area contributed by atoms with Gasteiger partial charge in [0.15, 0.2) is 0 Å². The fraction of sp³-hybridized carbons (Fsp3) is 0.600. The average Bonchev–Trinajstić information content (AvgIpc) is 2.25. The fourth-order valence-electron chi connectivity index (χ4n) is 1.56. The van der Waals surface area contributed by atoms with Crippen LogP contribution in [0.1, 0.15) is 52.2 Å². The number of nitrogens with one attached hydrogen (secondary N) is 1. The minimum atomic E-state index is 0.253. The van der Waals surface area contributed by atoms with Gasteiger partial charge >= 0.3 is 0 Å². The van der Waals surface area contributed by atoms with E-state index in [2.05, 4.69) is 64.2 Å². The Morgan fingerprint density at radius 2 is 1.69 bits per heavy atom. The largest absolute Gasteiger partial charge is 0.310 e. The summed E-state index contributed by atoms with van der Waals surface area (Å²) in [6.45, 7) is 12.2. The van der Waals surface area contributed by atoms with Gasteiger partial charge in [-0.15, -0.1) is 0 Å². The Morgan fingerprint density at radius 1 is 1.12 bits per heavy atom. The first-order valence-corrected chi connectivity index (χ1v) is 6.26. The maximum atomic E-state index is 3.51.